The molecule has 0 saturated carbocycles. The Labute approximate surface area is 256 Å². The van der Waals surface area contributed by atoms with Crippen molar-refractivity contribution >= 4 is 43.5 Å². The molecule has 2 amide bonds. The van der Waals surface area contributed by atoms with Gasteiger partial charge >= 0.3 is 0 Å². The number of nitrogens with one attached hydrogen (secondary N) is 1. The van der Waals surface area contributed by atoms with E-state index in [9.17, 15) is 18.0 Å². The molecule has 7 nitrogen and oxygen atoms in total. The van der Waals surface area contributed by atoms with E-state index in [0.29, 0.717) is 11.3 Å². The van der Waals surface area contributed by atoms with Gasteiger partial charge in [-0.1, -0.05) is 94.3 Å². The van der Waals surface area contributed by atoms with Crippen LogP contribution in [0, 0.1) is 13.8 Å². The maximum absolute atomic E-state index is 14.3. The summed E-state index contributed by atoms with van der Waals surface area (Å²) in [5, 5.41) is 2.70. The Morgan fingerprint density at radius 2 is 1.45 bits per heavy atom. The average Bonchev–Trinajstić information content (AvgIpc) is 2.99. The molecule has 0 radical (unpaired) electrons. The predicted octanol–water partition coefficient (Wildman–Crippen LogP) is 5.65. The van der Waals surface area contributed by atoms with Crippen LogP contribution >= 0.6 is 15.9 Å². The summed E-state index contributed by atoms with van der Waals surface area (Å²) in [6.07, 6.45) is 0.262. The van der Waals surface area contributed by atoms with E-state index in [1.807, 2.05) is 80.6 Å². The lowest BCUT2D eigenvalue weighted by molar-refractivity contribution is -0.139. The standard InChI is InChI=1S/C33H34BrN3O4S/c1-24-14-19-30(25(2)20-24)37(42(40,41)29-12-8-5-9-13-29)23-32(38)36(22-27-15-17-28(34)18-16-27)31(33(39)35-3)21-26-10-6-4-7-11-26/h4-20,31H,21-23H2,1-3H3,(H,35,39). The highest BCUT2D eigenvalue weighted by molar-refractivity contribution is 9.10. The van der Waals surface area contributed by atoms with E-state index in [1.54, 1.807) is 24.3 Å². The predicted molar refractivity (Wildman–Crippen MR) is 170 cm³/mol. The van der Waals surface area contributed by atoms with Crippen molar-refractivity contribution in [3.63, 3.8) is 0 Å². The molecule has 9 heteroatoms. The highest BCUT2D eigenvalue weighted by atomic mass is 79.9. The molecule has 1 N–H and O–H groups in total. The number of aryl methyl sites for hydroxylation is 2. The van der Waals surface area contributed by atoms with Crippen LogP contribution in [0.4, 0.5) is 5.69 Å². The molecule has 42 heavy (non-hydrogen) atoms. The smallest absolute Gasteiger partial charge is 0.264 e. The Balaban J connectivity index is 1.80. The molecule has 4 aromatic carbocycles. The molecule has 1 unspecified atom stereocenters. The number of nitrogens with zero attached hydrogens (tertiary/aromatic N) is 2. The van der Waals surface area contributed by atoms with E-state index < -0.39 is 28.5 Å². The molecule has 218 valence electrons. The Morgan fingerprint density at radius 3 is 2.05 bits per heavy atom. The molecule has 0 bridgehead atoms. The highest BCUT2D eigenvalue weighted by Crippen LogP contribution is 2.28. The van der Waals surface area contributed by atoms with Gasteiger partial charge in [-0.15, -0.1) is 0 Å². The minimum Gasteiger partial charge on any atom is -0.357 e. The molecule has 0 heterocycles. The van der Waals surface area contributed by atoms with Crippen molar-refractivity contribution in [1.29, 1.82) is 0 Å². The van der Waals surface area contributed by atoms with Gasteiger partial charge < -0.3 is 10.2 Å². The second-order valence-corrected chi connectivity index (χ2v) is 12.9. The van der Waals surface area contributed by atoms with Crippen molar-refractivity contribution in [3.05, 3.63) is 130 Å². The average molecular weight is 649 g/mol. The minimum atomic E-state index is -4.13. The molecule has 0 spiro atoms. The number of benzene rings is 4. The second kappa shape index (κ2) is 13.8. The largest absolute Gasteiger partial charge is 0.357 e. The first kappa shape index (κ1) is 31.0. The van der Waals surface area contributed by atoms with Crippen LogP contribution in [0.1, 0.15) is 22.3 Å². The molecule has 4 aromatic rings. The maximum Gasteiger partial charge on any atom is 0.264 e. The van der Waals surface area contributed by atoms with E-state index >= 15 is 0 Å². The maximum atomic E-state index is 14.3. The molecule has 0 aliphatic carbocycles. The summed E-state index contributed by atoms with van der Waals surface area (Å²) in [4.78, 5) is 29.2. The van der Waals surface area contributed by atoms with Crippen molar-refractivity contribution < 1.29 is 18.0 Å². The van der Waals surface area contributed by atoms with Crippen LogP contribution in [0.2, 0.25) is 0 Å². The summed E-state index contributed by atoms with van der Waals surface area (Å²) in [6, 6.07) is 29.5. The monoisotopic (exact) mass is 647 g/mol. The Morgan fingerprint density at radius 1 is 0.833 bits per heavy atom. The van der Waals surface area contributed by atoms with Gasteiger partial charge in [-0.05, 0) is 60.9 Å². The van der Waals surface area contributed by atoms with Gasteiger partial charge in [-0.2, -0.15) is 0 Å². The number of hydrogen-bond donors (Lipinski definition) is 1. The fourth-order valence-electron chi connectivity index (χ4n) is 4.83. The van der Waals surface area contributed by atoms with Crippen LogP contribution in [0.5, 0.6) is 0 Å². The number of rotatable bonds is 11. The zero-order chi connectivity index (χ0) is 30.3. The number of carbonyl (C=O) groups excluding carboxylic acids is 2. The molecule has 1 atom stereocenters. The third kappa shape index (κ3) is 7.46. The Bertz CT molecular complexity index is 1630. The topological polar surface area (TPSA) is 86.8 Å². The second-order valence-electron chi connectivity index (χ2n) is 10.1. The number of halogens is 1. The molecule has 0 aliphatic heterocycles. The summed E-state index contributed by atoms with van der Waals surface area (Å²) in [5.74, 6) is -0.838. The lowest BCUT2D eigenvalue weighted by atomic mass is 10.0. The van der Waals surface area contributed by atoms with Crippen molar-refractivity contribution in [2.24, 2.45) is 0 Å². The first-order valence-electron chi connectivity index (χ1n) is 13.5. The highest BCUT2D eigenvalue weighted by Gasteiger charge is 2.34. The molecule has 4 rings (SSSR count). The number of carbonyl (C=O) groups is 2. The van der Waals surface area contributed by atoms with Crippen molar-refractivity contribution in [2.75, 3.05) is 17.9 Å². The summed E-state index contributed by atoms with van der Waals surface area (Å²) in [5.41, 5.74) is 3.77. The van der Waals surface area contributed by atoms with E-state index in [0.717, 1.165) is 25.5 Å². The summed E-state index contributed by atoms with van der Waals surface area (Å²) < 4.78 is 30.1. The fourth-order valence-corrected chi connectivity index (χ4v) is 6.59. The van der Waals surface area contributed by atoms with E-state index in [4.69, 9.17) is 0 Å². The van der Waals surface area contributed by atoms with Gasteiger partial charge in [0.25, 0.3) is 10.0 Å². The van der Waals surface area contributed by atoms with Gasteiger partial charge in [0.05, 0.1) is 10.6 Å². The van der Waals surface area contributed by atoms with Crippen molar-refractivity contribution in [1.82, 2.24) is 10.2 Å². The van der Waals surface area contributed by atoms with Crippen LogP contribution in [-0.2, 0) is 32.6 Å². The summed E-state index contributed by atoms with van der Waals surface area (Å²) in [7, 11) is -2.60. The third-order valence-electron chi connectivity index (χ3n) is 7.01. The Kier molecular flexibility index (Phi) is 10.2. The lowest BCUT2D eigenvalue weighted by Gasteiger charge is -2.34. The number of hydrogen-bond acceptors (Lipinski definition) is 4. The van der Waals surface area contributed by atoms with Gasteiger partial charge in [0.15, 0.2) is 0 Å². The Hall–Kier alpha value is -3.95. The first-order valence-corrected chi connectivity index (χ1v) is 15.8. The number of likely N-dealkylation sites (N-methyl/N-ethyl adjacent to an activating group) is 1. The van der Waals surface area contributed by atoms with E-state index in [2.05, 4.69) is 21.2 Å². The van der Waals surface area contributed by atoms with Crippen LogP contribution in [-0.4, -0.2) is 44.8 Å². The molecular weight excluding hydrogens is 614 g/mol. The SMILES string of the molecule is CNC(=O)C(Cc1ccccc1)N(Cc1ccc(Br)cc1)C(=O)CN(c1ccc(C)cc1C)S(=O)(=O)c1ccccc1. The van der Waals surface area contributed by atoms with E-state index in [-0.39, 0.29) is 23.8 Å². The number of sulfonamides is 1. The van der Waals surface area contributed by atoms with Gasteiger partial charge in [-0.3, -0.25) is 13.9 Å². The third-order valence-corrected chi connectivity index (χ3v) is 9.32. The van der Waals surface area contributed by atoms with Crippen molar-refractivity contribution in [2.45, 2.75) is 37.8 Å². The minimum absolute atomic E-state index is 0.0735. The zero-order valence-electron chi connectivity index (χ0n) is 23.8. The van der Waals surface area contributed by atoms with Crippen LogP contribution in [0.25, 0.3) is 0 Å². The van der Waals surface area contributed by atoms with Crippen LogP contribution in [0.3, 0.4) is 0 Å². The summed E-state index contributed by atoms with van der Waals surface area (Å²) in [6.45, 7) is 3.38. The van der Waals surface area contributed by atoms with Gasteiger partial charge in [0.2, 0.25) is 11.8 Å². The number of amides is 2. The first-order chi connectivity index (χ1) is 20.1. The normalized spacial score (nSPS) is 11.9. The van der Waals surface area contributed by atoms with Gasteiger partial charge in [-0.25, -0.2) is 8.42 Å². The van der Waals surface area contributed by atoms with Crippen LogP contribution in [0.15, 0.2) is 112 Å². The molecule has 0 aliphatic rings. The molecule has 0 fully saturated rings. The van der Waals surface area contributed by atoms with Crippen LogP contribution < -0.4 is 9.62 Å². The molecule has 0 aromatic heterocycles. The van der Waals surface area contributed by atoms with Crippen molar-refractivity contribution in [3.8, 4) is 0 Å². The van der Waals surface area contributed by atoms with Gasteiger partial charge in [0, 0.05) is 24.5 Å². The fraction of sp³-hybridized carbons (Fsp3) is 0.212. The molecule has 0 saturated heterocycles. The number of anilines is 1. The van der Waals surface area contributed by atoms with Gasteiger partial charge in [0.1, 0.15) is 12.6 Å². The lowest BCUT2D eigenvalue weighted by Crippen LogP contribution is -2.53. The molecular formula is C33H34BrN3O4S. The zero-order valence-corrected chi connectivity index (χ0v) is 26.2. The quantitative estimate of drug-likeness (QED) is 0.228. The summed E-state index contributed by atoms with van der Waals surface area (Å²) >= 11 is 3.44. The van der Waals surface area contributed by atoms with E-state index in [1.165, 1.54) is 24.1 Å².